The van der Waals surface area contributed by atoms with Gasteiger partial charge in [0.2, 0.25) is 0 Å². The zero-order valence-electron chi connectivity index (χ0n) is 16.9. The Morgan fingerprint density at radius 2 is 1.79 bits per heavy atom. The molecule has 33 heavy (non-hydrogen) atoms. The van der Waals surface area contributed by atoms with Crippen LogP contribution in [0.25, 0.3) is 10.9 Å². The number of aromatic carboxylic acids is 1. The van der Waals surface area contributed by atoms with Crippen LogP contribution < -0.4 is 4.74 Å². The van der Waals surface area contributed by atoms with E-state index in [9.17, 15) is 22.4 Å². The van der Waals surface area contributed by atoms with E-state index in [1.807, 2.05) is 0 Å². The molecule has 0 atom stereocenters. The molecule has 170 valence electrons. The predicted molar refractivity (Wildman–Crippen MR) is 118 cm³/mol. The lowest BCUT2D eigenvalue weighted by Gasteiger charge is -2.16. The van der Waals surface area contributed by atoms with Crippen molar-refractivity contribution in [2.75, 3.05) is 0 Å². The van der Waals surface area contributed by atoms with Crippen LogP contribution in [0.15, 0.2) is 71.3 Å². The number of carboxylic acids is 1. The van der Waals surface area contributed by atoms with Crippen molar-refractivity contribution in [2.24, 2.45) is 0 Å². The van der Waals surface area contributed by atoms with Gasteiger partial charge in [0.05, 0.1) is 17.7 Å². The molecule has 1 aromatic heterocycles. The normalized spacial score (nSPS) is 11.7. The molecule has 0 saturated heterocycles. The third kappa shape index (κ3) is 5.03. The Labute approximate surface area is 194 Å². The minimum absolute atomic E-state index is 0.0397. The number of aromatic nitrogens is 1. The van der Waals surface area contributed by atoms with Crippen LogP contribution in [-0.4, -0.2) is 15.6 Å². The average Bonchev–Trinajstić information content (AvgIpc) is 3.15. The maximum Gasteiger partial charge on any atom is 0.416 e. The maximum atomic E-state index is 14.1. The van der Waals surface area contributed by atoms with E-state index in [0.717, 1.165) is 12.1 Å². The number of fused-ring (bicyclic) bond motifs is 1. The average molecular weight is 522 g/mol. The Morgan fingerprint density at radius 1 is 1.00 bits per heavy atom. The van der Waals surface area contributed by atoms with Gasteiger partial charge < -0.3 is 14.4 Å². The van der Waals surface area contributed by atoms with E-state index < -0.39 is 23.5 Å². The monoisotopic (exact) mass is 521 g/mol. The van der Waals surface area contributed by atoms with Gasteiger partial charge >= 0.3 is 12.1 Å². The van der Waals surface area contributed by atoms with Crippen LogP contribution in [0.1, 0.15) is 27.0 Å². The molecule has 1 heterocycles. The molecule has 0 fully saturated rings. The van der Waals surface area contributed by atoms with Gasteiger partial charge in [-0.1, -0.05) is 22.0 Å². The number of alkyl halides is 3. The first-order chi connectivity index (χ1) is 15.6. The second-order valence-corrected chi connectivity index (χ2v) is 8.28. The van der Waals surface area contributed by atoms with Crippen molar-refractivity contribution in [3.63, 3.8) is 0 Å². The number of carboxylic acid groups (broad SMARTS) is 1. The number of hydrogen-bond donors (Lipinski definition) is 1. The highest BCUT2D eigenvalue weighted by atomic mass is 79.9. The second-order valence-electron chi connectivity index (χ2n) is 7.37. The Hall–Kier alpha value is -3.33. The van der Waals surface area contributed by atoms with E-state index in [1.165, 1.54) is 30.3 Å². The molecule has 0 unspecified atom stereocenters. The summed E-state index contributed by atoms with van der Waals surface area (Å²) < 4.78 is 62.1. The zero-order chi connectivity index (χ0) is 23.8. The minimum atomic E-state index is -4.54. The van der Waals surface area contributed by atoms with Crippen LogP contribution in [0.5, 0.6) is 5.75 Å². The Bertz CT molecular complexity index is 1350. The van der Waals surface area contributed by atoms with E-state index in [4.69, 9.17) is 9.84 Å². The van der Waals surface area contributed by atoms with E-state index in [2.05, 4.69) is 15.9 Å². The summed E-state index contributed by atoms with van der Waals surface area (Å²) in [4.78, 5) is 11.2. The summed E-state index contributed by atoms with van der Waals surface area (Å²) in [6, 6.07) is 13.8. The van der Waals surface area contributed by atoms with Crippen molar-refractivity contribution in [3.05, 3.63) is 99.4 Å². The van der Waals surface area contributed by atoms with Crippen molar-refractivity contribution >= 4 is 32.8 Å². The van der Waals surface area contributed by atoms with Crippen LogP contribution in [0.3, 0.4) is 0 Å². The summed E-state index contributed by atoms with van der Waals surface area (Å²) in [7, 11) is 0. The fourth-order valence-corrected chi connectivity index (χ4v) is 3.80. The van der Waals surface area contributed by atoms with E-state index in [1.54, 1.807) is 29.0 Å². The number of carbonyl (C=O) groups is 1. The molecule has 4 rings (SSSR count). The molecule has 3 aromatic carbocycles. The number of nitrogens with zero attached hydrogens (tertiary/aromatic N) is 1. The quantitative estimate of drug-likeness (QED) is 0.281. The fraction of sp³-hybridized carbons (Fsp3) is 0.125. The molecule has 0 spiro atoms. The Balaban J connectivity index is 1.68. The molecule has 4 aromatic rings. The molecule has 0 aliphatic heterocycles. The Kier molecular flexibility index (Phi) is 6.16. The van der Waals surface area contributed by atoms with Gasteiger partial charge in [0.25, 0.3) is 0 Å². The van der Waals surface area contributed by atoms with Crippen LogP contribution in [0.2, 0.25) is 0 Å². The molecule has 0 radical (unpaired) electrons. The molecular formula is C24H16BrF4NO3. The standard InChI is InChI=1S/C24H16BrF4NO3/c25-19-4-1-16(20(26)11-19)13-33-22-6-3-18(24(27,28)29)10-17(22)12-30-8-7-14-9-15(23(31)32)2-5-21(14)30/h1-11H,12-13H2,(H,31,32). The largest absolute Gasteiger partial charge is 0.488 e. The predicted octanol–water partition coefficient (Wildman–Crippen LogP) is 6.89. The van der Waals surface area contributed by atoms with Crippen LogP contribution in [0, 0.1) is 5.82 Å². The second kappa shape index (κ2) is 8.90. The lowest BCUT2D eigenvalue weighted by Crippen LogP contribution is -2.09. The first-order valence-electron chi connectivity index (χ1n) is 9.71. The zero-order valence-corrected chi connectivity index (χ0v) is 18.5. The molecule has 1 N–H and O–H groups in total. The first kappa shape index (κ1) is 22.8. The molecule has 4 nitrogen and oxygen atoms in total. The lowest BCUT2D eigenvalue weighted by molar-refractivity contribution is -0.137. The number of hydrogen-bond acceptors (Lipinski definition) is 2. The highest BCUT2D eigenvalue weighted by Crippen LogP contribution is 2.34. The van der Waals surface area contributed by atoms with Crippen LogP contribution >= 0.6 is 15.9 Å². The Morgan fingerprint density at radius 3 is 2.48 bits per heavy atom. The fourth-order valence-electron chi connectivity index (χ4n) is 3.47. The molecule has 0 saturated carbocycles. The van der Waals surface area contributed by atoms with Gasteiger partial charge in [-0.25, -0.2) is 9.18 Å². The summed E-state index contributed by atoms with van der Waals surface area (Å²) in [6.45, 7) is -0.121. The third-order valence-corrected chi connectivity index (χ3v) is 5.64. The molecule has 0 bridgehead atoms. The third-order valence-electron chi connectivity index (χ3n) is 5.14. The minimum Gasteiger partial charge on any atom is -0.488 e. The van der Waals surface area contributed by atoms with Gasteiger partial charge in [0.1, 0.15) is 18.2 Å². The van der Waals surface area contributed by atoms with Gasteiger partial charge in [-0.3, -0.25) is 0 Å². The van der Waals surface area contributed by atoms with Crippen molar-refractivity contribution in [2.45, 2.75) is 19.3 Å². The summed E-state index contributed by atoms with van der Waals surface area (Å²) >= 11 is 3.17. The molecule has 0 aliphatic carbocycles. The van der Waals surface area contributed by atoms with Crippen molar-refractivity contribution < 1.29 is 32.2 Å². The van der Waals surface area contributed by atoms with Gasteiger partial charge in [-0.15, -0.1) is 0 Å². The highest BCUT2D eigenvalue weighted by Gasteiger charge is 2.31. The molecular weight excluding hydrogens is 506 g/mol. The van der Waals surface area contributed by atoms with Gasteiger partial charge in [-0.2, -0.15) is 13.2 Å². The number of benzene rings is 3. The van der Waals surface area contributed by atoms with Gasteiger partial charge in [0.15, 0.2) is 0 Å². The highest BCUT2D eigenvalue weighted by molar-refractivity contribution is 9.10. The van der Waals surface area contributed by atoms with Crippen LogP contribution in [0.4, 0.5) is 17.6 Å². The number of halogens is 5. The number of rotatable bonds is 6. The summed E-state index contributed by atoms with van der Waals surface area (Å²) in [5.74, 6) is -1.38. The van der Waals surface area contributed by atoms with E-state index in [-0.39, 0.29) is 35.6 Å². The smallest absolute Gasteiger partial charge is 0.416 e. The lowest BCUT2D eigenvalue weighted by atomic mass is 10.1. The number of ether oxygens (including phenoxy) is 1. The molecule has 0 aliphatic rings. The summed E-state index contributed by atoms with van der Waals surface area (Å²) in [5.41, 5.74) is 0.449. The van der Waals surface area contributed by atoms with Crippen molar-refractivity contribution in [1.82, 2.24) is 4.57 Å². The topological polar surface area (TPSA) is 51.5 Å². The van der Waals surface area contributed by atoms with Gasteiger partial charge in [0, 0.05) is 32.7 Å². The SMILES string of the molecule is O=C(O)c1ccc2c(ccn2Cc2cc(C(F)(F)F)ccc2OCc2ccc(Br)cc2F)c1. The van der Waals surface area contributed by atoms with E-state index in [0.29, 0.717) is 15.4 Å². The molecule has 9 heteroatoms. The molecule has 0 amide bonds. The van der Waals surface area contributed by atoms with Crippen molar-refractivity contribution in [1.29, 1.82) is 0 Å². The maximum absolute atomic E-state index is 14.1. The van der Waals surface area contributed by atoms with E-state index >= 15 is 0 Å². The summed E-state index contributed by atoms with van der Waals surface area (Å²) in [5, 5.41) is 9.80. The van der Waals surface area contributed by atoms with Crippen LogP contribution in [-0.2, 0) is 19.3 Å². The first-order valence-corrected chi connectivity index (χ1v) is 10.5. The van der Waals surface area contributed by atoms with Gasteiger partial charge in [-0.05, 0) is 54.6 Å². The summed E-state index contributed by atoms with van der Waals surface area (Å²) in [6.07, 6.45) is -2.88. The van der Waals surface area contributed by atoms with Crippen molar-refractivity contribution in [3.8, 4) is 5.75 Å².